The van der Waals surface area contributed by atoms with E-state index in [0.717, 1.165) is 33.4 Å². The molecule has 0 saturated carbocycles. The van der Waals surface area contributed by atoms with Crippen LogP contribution in [-0.2, 0) is 0 Å². The number of nitro benzene ring substituents is 1. The highest BCUT2D eigenvalue weighted by molar-refractivity contribution is 5.96. The first-order valence-electron chi connectivity index (χ1n) is 9.26. The Balaban J connectivity index is 1.87. The van der Waals surface area contributed by atoms with Gasteiger partial charge in [-0.2, -0.15) is 0 Å². The number of rotatable bonds is 6. The minimum atomic E-state index is -0.435. The monoisotopic (exact) mass is 401 g/mol. The highest BCUT2D eigenvalue weighted by Crippen LogP contribution is 2.41. The molecule has 0 aliphatic heterocycles. The maximum atomic E-state index is 10.9. The topological polar surface area (TPSA) is 70.8 Å². The van der Waals surface area contributed by atoms with Crippen LogP contribution in [0.25, 0.3) is 21.9 Å². The summed E-state index contributed by atoms with van der Waals surface area (Å²) in [5.74, 6) is 2.65. The summed E-state index contributed by atoms with van der Waals surface area (Å²) in [5, 5.41) is 12.8. The fourth-order valence-electron chi connectivity index (χ4n) is 3.29. The number of hydrogen-bond acceptors (Lipinski definition) is 5. The third-order valence-corrected chi connectivity index (χ3v) is 4.83. The van der Waals surface area contributed by atoms with Gasteiger partial charge >= 0.3 is 0 Å². The molecule has 0 aliphatic carbocycles. The first-order chi connectivity index (χ1) is 14.6. The average molecular weight is 401 g/mol. The van der Waals surface area contributed by atoms with Crippen LogP contribution in [0.4, 0.5) is 5.69 Å². The first-order valence-corrected chi connectivity index (χ1v) is 9.26. The molecule has 6 nitrogen and oxygen atoms in total. The number of fused-ring (bicyclic) bond motifs is 1. The summed E-state index contributed by atoms with van der Waals surface area (Å²) in [7, 11) is 3.25. The summed E-state index contributed by atoms with van der Waals surface area (Å²) >= 11 is 0. The molecule has 4 aromatic carbocycles. The maximum Gasteiger partial charge on any atom is 0.269 e. The van der Waals surface area contributed by atoms with Crippen LogP contribution in [0.3, 0.4) is 0 Å². The van der Waals surface area contributed by atoms with Crippen molar-refractivity contribution in [1.29, 1.82) is 0 Å². The van der Waals surface area contributed by atoms with Gasteiger partial charge in [-0.15, -0.1) is 0 Å². The molecule has 0 heterocycles. The Morgan fingerprint density at radius 1 is 0.767 bits per heavy atom. The molecule has 0 unspecified atom stereocenters. The normalized spacial score (nSPS) is 10.6. The van der Waals surface area contributed by atoms with Crippen molar-refractivity contribution < 1.29 is 19.1 Å². The van der Waals surface area contributed by atoms with Gasteiger partial charge in [0, 0.05) is 23.1 Å². The lowest BCUT2D eigenvalue weighted by Gasteiger charge is -2.16. The quantitative estimate of drug-likeness (QED) is 0.283. The Bertz CT molecular complexity index is 1220. The maximum absolute atomic E-state index is 10.9. The number of non-ortho nitro benzene ring substituents is 1. The fourth-order valence-corrected chi connectivity index (χ4v) is 3.29. The molecule has 30 heavy (non-hydrogen) atoms. The van der Waals surface area contributed by atoms with Crippen LogP contribution in [0.2, 0.25) is 0 Å². The van der Waals surface area contributed by atoms with E-state index in [9.17, 15) is 10.1 Å². The zero-order chi connectivity index (χ0) is 21.1. The number of benzene rings is 4. The van der Waals surface area contributed by atoms with Gasteiger partial charge in [0.05, 0.1) is 19.1 Å². The van der Waals surface area contributed by atoms with Crippen molar-refractivity contribution in [3.05, 3.63) is 89.0 Å². The van der Waals surface area contributed by atoms with E-state index in [-0.39, 0.29) is 5.69 Å². The zero-order valence-corrected chi connectivity index (χ0v) is 16.5. The largest absolute Gasteiger partial charge is 0.497 e. The second-order valence-electron chi connectivity index (χ2n) is 6.61. The molecule has 0 aliphatic rings. The molecule has 0 saturated heterocycles. The molecule has 4 aromatic rings. The molecule has 0 radical (unpaired) electrons. The van der Waals surface area contributed by atoms with Crippen LogP contribution in [-0.4, -0.2) is 19.1 Å². The molecule has 6 heteroatoms. The van der Waals surface area contributed by atoms with E-state index in [0.29, 0.717) is 11.5 Å². The minimum absolute atomic E-state index is 0.0121. The second-order valence-corrected chi connectivity index (χ2v) is 6.61. The highest BCUT2D eigenvalue weighted by Gasteiger charge is 2.14. The summed E-state index contributed by atoms with van der Waals surface area (Å²) < 4.78 is 17.0. The van der Waals surface area contributed by atoms with Crippen LogP contribution in [0.5, 0.6) is 23.0 Å². The predicted octanol–water partition coefficient (Wildman–Crippen LogP) is 6.22. The summed E-state index contributed by atoms with van der Waals surface area (Å²) in [4.78, 5) is 10.5. The van der Waals surface area contributed by atoms with Gasteiger partial charge in [-0.1, -0.05) is 18.2 Å². The third kappa shape index (κ3) is 3.75. The Kier molecular flexibility index (Phi) is 5.22. The second kappa shape index (κ2) is 8.13. The number of nitrogens with zero attached hydrogens (tertiary/aromatic N) is 1. The van der Waals surface area contributed by atoms with Gasteiger partial charge in [0.1, 0.15) is 23.0 Å². The van der Waals surface area contributed by atoms with Crippen LogP contribution in [0.15, 0.2) is 78.9 Å². The lowest BCUT2D eigenvalue weighted by atomic mass is 9.99. The van der Waals surface area contributed by atoms with Crippen LogP contribution in [0.1, 0.15) is 0 Å². The van der Waals surface area contributed by atoms with Gasteiger partial charge < -0.3 is 14.2 Å². The van der Waals surface area contributed by atoms with Gasteiger partial charge in [0.25, 0.3) is 5.69 Å². The standard InChI is InChI=1S/C24H19NO5/c1-28-20-5-3-4-16(14-20)22-12-6-17-15-21(29-2)11-13-23(17)24(22)30-19-9-7-18(8-10-19)25(26)27/h3-15H,1-2H3. The van der Waals surface area contributed by atoms with E-state index in [1.807, 2.05) is 54.6 Å². The first kappa shape index (κ1) is 19.3. The SMILES string of the molecule is COc1cccc(-c2ccc3cc(OC)ccc3c2Oc2ccc([N+](=O)[O-])cc2)c1. The van der Waals surface area contributed by atoms with E-state index < -0.39 is 4.92 Å². The van der Waals surface area contributed by atoms with Gasteiger partial charge in [0.2, 0.25) is 0 Å². The van der Waals surface area contributed by atoms with E-state index >= 15 is 0 Å². The Labute approximate surface area is 173 Å². The van der Waals surface area contributed by atoms with Crippen molar-refractivity contribution >= 4 is 16.5 Å². The Morgan fingerprint density at radius 2 is 1.47 bits per heavy atom. The molecule has 0 atom stereocenters. The smallest absolute Gasteiger partial charge is 0.269 e. The third-order valence-electron chi connectivity index (χ3n) is 4.83. The van der Waals surface area contributed by atoms with E-state index in [1.165, 1.54) is 12.1 Å². The number of methoxy groups -OCH3 is 2. The van der Waals surface area contributed by atoms with E-state index in [4.69, 9.17) is 14.2 Å². The van der Waals surface area contributed by atoms with Crippen LogP contribution >= 0.6 is 0 Å². The van der Waals surface area contributed by atoms with Crippen molar-refractivity contribution in [3.63, 3.8) is 0 Å². The van der Waals surface area contributed by atoms with Crippen molar-refractivity contribution in [1.82, 2.24) is 0 Å². The van der Waals surface area contributed by atoms with Gasteiger partial charge in [-0.3, -0.25) is 10.1 Å². The summed E-state index contributed by atoms with van der Waals surface area (Å²) in [5.41, 5.74) is 1.83. The lowest BCUT2D eigenvalue weighted by Crippen LogP contribution is -1.93. The molecular weight excluding hydrogens is 382 g/mol. The van der Waals surface area contributed by atoms with Crippen molar-refractivity contribution in [3.8, 4) is 34.1 Å². The van der Waals surface area contributed by atoms with Gasteiger partial charge in [-0.25, -0.2) is 0 Å². The predicted molar refractivity (Wildman–Crippen MR) is 116 cm³/mol. The zero-order valence-electron chi connectivity index (χ0n) is 16.5. The van der Waals surface area contributed by atoms with E-state index in [2.05, 4.69) is 0 Å². The number of nitro groups is 1. The number of ether oxygens (including phenoxy) is 3. The molecule has 0 spiro atoms. The van der Waals surface area contributed by atoms with Crippen molar-refractivity contribution in [2.75, 3.05) is 14.2 Å². The highest BCUT2D eigenvalue weighted by atomic mass is 16.6. The fraction of sp³-hybridized carbons (Fsp3) is 0.0833. The van der Waals surface area contributed by atoms with Crippen LogP contribution < -0.4 is 14.2 Å². The van der Waals surface area contributed by atoms with Gasteiger partial charge in [-0.05, 0) is 59.5 Å². The van der Waals surface area contributed by atoms with Crippen LogP contribution in [0, 0.1) is 10.1 Å². The van der Waals surface area contributed by atoms with Crippen molar-refractivity contribution in [2.24, 2.45) is 0 Å². The molecule has 0 aromatic heterocycles. The molecule has 0 N–H and O–H groups in total. The molecule has 4 rings (SSSR count). The number of hydrogen-bond donors (Lipinski definition) is 0. The summed E-state index contributed by atoms with van der Waals surface area (Å²) in [6.07, 6.45) is 0. The minimum Gasteiger partial charge on any atom is -0.497 e. The van der Waals surface area contributed by atoms with Gasteiger partial charge in [0.15, 0.2) is 0 Å². The van der Waals surface area contributed by atoms with Crippen molar-refractivity contribution in [2.45, 2.75) is 0 Å². The molecule has 0 amide bonds. The lowest BCUT2D eigenvalue weighted by molar-refractivity contribution is -0.384. The van der Waals surface area contributed by atoms with E-state index in [1.54, 1.807) is 26.4 Å². The molecule has 0 fully saturated rings. The Hall–Kier alpha value is -4.06. The molecule has 150 valence electrons. The molecular formula is C24H19NO5. The summed E-state index contributed by atoms with van der Waals surface area (Å²) in [6, 6.07) is 23.5. The molecule has 0 bridgehead atoms. The Morgan fingerprint density at radius 3 is 2.17 bits per heavy atom. The average Bonchev–Trinajstić information content (AvgIpc) is 2.79. The summed E-state index contributed by atoms with van der Waals surface area (Å²) in [6.45, 7) is 0.